The highest BCUT2D eigenvalue weighted by atomic mass is 35.5. The summed E-state index contributed by atoms with van der Waals surface area (Å²) < 4.78 is 1.35. The van der Waals surface area contributed by atoms with Crippen LogP contribution in [0.25, 0.3) is 11.4 Å². The fourth-order valence-electron chi connectivity index (χ4n) is 1.60. The first kappa shape index (κ1) is 14.2. The van der Waals surface area contributed by atoms with Crippen LogP contribution < -0.4 is 16.5 Å². The van der Waals surface area contributed by atoms with Gasteiger partial charge in [0, 0.05) is 19.2 Å². The first-order chi connectivity index (χ1) is 9.63. The van der Waals surface area contributed by atoms with E-state index in [1.807, 2.05) is 12.1 Å². The van der Waals surface area contributed by atoms with Gasteiger partial charge in [-0.15, -0.1) is 6.58 Å². The fourth-order valence-corrected chi connectivity index (χ4v) is 1.82. The summed E-state index contributed by atoms with van der Waals surface area (Å²) in [5.41, 5.74) is 5.81. The highest BCUT2D eigenvalue weighted by molar-refractivity contribution is 6.33. The SMILES string of the molecule is C=CCNNc1nc(-c2ccccc2Cl)n(C)c(=O)n1. The predicted molar refractivity (Wildman–Crippen MR) is 79.5 cm³/mol. The van der Waals surface area contributed by atoms with E-state index in [4.69, 9.17) is 11.6 Å². The molecule has 1 aromatic carbocycles. The first-order valence-electron chi connectivity index (χ1n) is 5.93. The van der Waals surface area contributed by atoms with Gasteiger partial charge in [0.1, 0.15) is 5.82 Å². The molecule has 0 saturated carbocycles. The van der Waals surface area contributed by atoms with Crippen LogP contribution in [0.1, 0.15) is 0 Å². The van der Waals surface area contributed by atoms with Crippen LogP contribution in [-0.4, -0.2) is 21.1 Å². The molecular formula is C13H14ClN5O. The zero-order valence-corrected chi connectivity index (χ0v) is 11.7. The molecule has 0 aliphatic carbocycles. The topological polar surface area (TPSA) is 71.8 Å². The number of hydrogen-bond acceptors (Lipinski definition) is 5. The lowest BCUT2D eigenvalue weighted by Crippen LogP contribution is -2.29. The summed E-state index contributed by atoms with van der Waals surface area (Å²) in [7, 11) is 1.60. The molecule has 0 saturated heterocycles. The predicted octanol–water partition coefficient (Wildman–Crippen LogP) is 1.60. The van der Waals surface area contributed by atoms with Crippen molar-refractivity contribution in [2.75, 3.05) is 12.0 Å². The highest BCUT2D eigenvalue weighted by Crippen LogP contribution is 2.24. The average Bonchev–Trinajstić information content (AvgIpc) is 2.44. The zero-order valence-electron chi connectivity index (χ0n) is 10.9. The molecule has 0 unspecified atom stereocenters. The molecule has 1 aromatic heterocycles. The van der Waals surface area contributed by atoms with Gasteiger partial charge < -0.3 is 0 Å². The van der Waals surface area contributed by atoms with Crippen molar-refractivity contribution in [2.24, 2.45) is 7.05 Å². The van der Waals surface area contributed by atoms with Crippen LogP contribution in [0, 0.1) is 0 Å². The summed E-state index contributed by atoms with van der Waals surface area (Å²) >= 11 is 6.14. The minimum absolute atomic E-state index is 0.185. The maximum atomic E-state index is 11.9. The Morgan fingerprint density at radius 2 is 2.15 bits per heavy atom. The summed E-state index contributed by atoms with van der Waals surface area (Å²) in [5.74, 6) is 0.628. The second kappa shape index (κ2) is 6.31. The van der Waals surface area contributed by atoms with Crippen LogP contribution in [0.5, 0.6) is 0 Å². The quantitative estimate of drug-likeness (QED) is 0.497. The van der Waals surface area contributed by atoms with Gasteiger partial charge in [0.25, 0.3) is 0 Å². The van der Waals surface area contributed by atoms with E-state index in [2.05, 4.69) is 27.4 Å². The van der Waals surface area contributed by atoms with Gasteiger partial charge in [-0.2, -0.15) is 9.97 Å². The molecule has 0 aliphatic heterocycles. The number of rotatable bonds is 5. The zero-order chi connectivity index (χ0) is 14.5. The van der Waals surface area contributed by atoms with E-state index in [0.717, 1.165) is 0 Å². The first-order valence-corrected chi connectivity index (χ1v) is 6.31. The Balaban J connectivity index is 2.45. The monoisotopic (exact) mass is 291 g/mol. The Hall–Kier alpha value is -2.18. The molecule has 0 atom stereocenters. The number of benzene rings is 1. The van der Waals surface area contributed by atoms with Crippen LogP contribution >= 0.6 is 11.6 Å². The summed E-state index contributed by atoms with van der Waals surface area (Å²) in [4.78, 5) is 20.0. The highest BCUT2D eigenvalue weighted by Gasteiger charge is 2.11. The van der Waals surface area contributed by atoms with Gasteiger partial charge in [-0.3, -0.25) is 9.99 Å². The molecule has 0 fully saturated rings. The van der Waals surface area contributed by atoms with E-state index in [-0.39, 0.29) is 5.95 Å². The smallest absolute Gasteiger partial charge is 0.289 e. The summed E-state index contributed by atoms with van der Waals surface area (Å²) in [6, 6.07) is 7.18. The Bertz CT molecular complexity index is 683. The number of nitrogens with one attached hydrogen (secondary N) is 2. The van der Waals surface area contributed by atoms with Gasteiger partial charge in [0.2, 0.25) is 5.95 Å². The fraction of sp³-hybridized carbons (Fsp3) is 0.154. The Morgan fingerprint density at radius 3 is 2.85 bits per heavy atom. The number of hydrazine groups is 1. The Morgan fingerprint density at radius 1 is 1.40 bits per heavy atom. The lowest BCUT2D eigenvalue weighted by atomic mass is 10.2. The van der Waals surface area contributed by atoms with Crippen molar-refractivity contribution in [1.82, 2.24) is 20.0 Å². The number of hydrogen-bond donors (Lipinski definition) is 2. The molecule has 0 spiro atoms. The Labute approximate surface area is 121 Å². The van der Waals surface area contributed by atoms with Crippen molar-refractivity contribution in [3.8, 4) is 11.4 Å². The number of anilines is 1. The van der Waals surface area contributed by atoms with E-state index in [9.17, 15) is 4.79 Å². The molecule has 2 aromatic rings. The molecule has 104 valence electrons. The minimum Gasteiger partial charge on any atom is -0.289 e. The van der Waals surface area contributed by atoms with E-state index >= 15 is 0 Å². The molecule has 6 nitrogen and oxygen atoms in total. The molecule has 0 amide bonds. The molecule has 7 heteroatoms. The molecule has 1 heterocycles. The third-order valence-corrected chi connectivity index (χ3v) is 2.91. The minimum atomic E-state index is -0.419. The van der Waals surface area contributed by atoms with Gasteiger partial charge in [0.15, 0.2) is 0 Å². The number of nitrogens with zero attached hydrogens (tertiary/aromatic N) is 3. The van der Waals surface area contributed by atoms with Gasteiger partial charge in [0.05, 0.1) is 5.02 Å². The standard InChI is InChI=1S/C13H14ClN5O/c1-3-8-15-18-12-16-11(19(2)13(20)17-12)9-6-4-5-7-10(9)14/h3-7,15H,1,8H2,2H3,(H,17,18,20). The maximum Gasteiger partial charge on any atom is 0.352 e. The van der Waals surface area contributed by atoms with Crippen LogP contribution in [0.3, 0.4) is 0 Å². The molecule has 0 bridgehead atoms. The summed E-state index contributed by atoms with van der Waals surface area (Å²) in [5, 5.41) is 0.520. The van der Waals surface area contributed by atoms with E-state index in [1.54, 1.807) is 25.3 Å². The lowest BCUT2D eigenvalue weighted by molar-refractivity contribution is 0.769. The molecule has 20 heavy (non-hydrogen) atoms. The van der Waals surface area contributed by atoms with Crippen LogP contribution in [0.4, 0.5) is 5.95 Å². The van der Waals surface area contributed by atoms with E-state index < -0.39 is 5.69 Å². The van der Waals surface area contributed by atoms with Crippen molar-refractivity contribution in [3.05, 3.63) is 52.4 Å². The molecule has 2 rings (SSSR count). The van der Waals surface area contributed by atoms with Crippen molar-refractivity contribution in [3.63, 3.8) is 0 Å². The molecular weight excluding hydrogens is 278 g/mol. The van der Waals surface area contributed by atoms with Crippen molar-refractivity contribution in [2.45, 2.75) is 0 Å². The van der Waals surface area contributed by atoms with E-state index in [0.29, 0.717) is 23.0 Å². The van der Waals surface area contributed by atoms with Crippen LogP contribution in [-0.2, 0) is 7.05 Å². The average molecular weight is 292 g/mol. The van der Waals surface area contributed by atoms with E-state index in [1.165, 1.54) is 4.57 Å². The van der Waals surface area contributed by atoms with Crippen molar-refractivity contribution in [1.29, 1.82) is 0 Å². The molecule has 0 radical (unpaired) electrons. The van der Waals surface area contributed by atoms with Crippen LogP contribution in [0.15, 0.2) is 41.7 Å². The lowest BCUT2D eigenvalue weighted by Gasteiger charge is -2.11. The molecule has 2 N–H and O–H groups in total. The van der Waals surface area contributed by atoms with Crippen LogP contribution in [0.2, 0.25) is 5.02 Å². The van der Waals surface area contributed by atoms with Gasteiger partial charge in [-0.1, -0.05) is 29.8 Å². The largest absolute Gasteiger partial charge is 0.352 e. The van der Waals surface area contributed by atoms with Gasteiger partial charge in [-0.25, -0.2) is 10.2 Å². The van der Waals surface area contributed by atoms with Gasteiger partial charge in [-0.05, 0) is 12.1 Å². The number of halogens is 1. The Kier molecular flexibility index (Phi) is 4.49. The number of aromatic nitrogens is 3. The third kappa shape index (κ3) is 3.04. The summed E-state index contributed by atoms with van der Waals surface area (Å²) in [6.07, 6.45) is 1.67. The van der Waals surface area contributed by atoms with Gasteiger partial charge >= 0.3 is 5.69 Å². The van der Waals surface area contributed by atoms with Crippen molar-refractivity contribution >= 4 is 17.5 Å². The summed E-state index contributed by atoms with van der Waals surface area (Å²) in [6.45, 7) is 4.09. The third-order valence-electron chi connectivity index (χ3n) is 2.58. The second-order valence-electron chi connectivity index (χ2n) is 3.99. The maximum absolute atomic E-state index is 11.9. The van der Waals surface area contributed by atoms with Crippen molar-refractivity contribution < 1.29 is 0 Å². The molecule has 0 aliphatic rings. The normalized spacial score (nSPS) is 10.3. The second-order valence-corrected chi connectivity index (χ2v) is 4.39.